The molecule has 0 unspecified atom stereocenters. The highest BCUT2D eigenvalue weighted by molar-refractivity contribution is 9.10. The Morgan fingerprint density at radius 3 is 1.89 bits per heavy atom. The molecule has 0 amide bonds. The van der Waals surface area contributed by atoms with Crippen LogP contribution in [0.2, 0.25) is 0 Å². The van der Waals surface area contributed by atoms with E-state index in [1.54, 1.807) is 6.07 Å². The third kappa shape index (κ3) is 4.35. The molecule has 0 aliphatic carbocycles. The number of methoxy groups -OCH3 is 1. The van der Waals surface area contributed by atoms with Gasteiger partial charge in [-0.05, 0) is 36.4 Å². The Hall–Kier alpha value is -2.69. The second-order valence-corrected chi connectivity index (χ2v) is 5.99. The molecule has 2 heterocycles. The van der Waals surface area contributed by atoms with Gasteiger partial charge in [-0.25, -0.2) is 4.79 Å². The summed E-state index contributed by atoms with van der Waals surface area (Å²) in [7, 11) is 1.20. The molecule has 6 nitrogen and oxygen atoms in total. The van der Waals surface area contributed by atoms with Crippen LogP contribution in [0.25, 0.3) is 0 Å². The summed E-state index contributed by atoms with van der Waals surface area (Å²) in [6.45, 7) is 0. The molecule has 0 saturated carbocycles. The molecule has 0 saturated heterocycles. The van der Waals surface area contributed by atoms with Crippen LogP contribution in [0.1, 0.15) is 10.4 Å². The molecule has 27 heavy (non-hydrogen) atoms. The first-order valence-electron chi connectivity index (χ1n) is 7.12. The highest BCUT2D eigenvalue weighted by Gasteiger charge is 2.44. The summed E-state index contributed by atoms with van der Waals surface area (Å²) >= 11 is 3.12. The van der Waals surface area contributed by atoms with Crippen LogP contribution < -0.4 is 18.9 Å². The minimum absolute atomic E-state index is 0.0503. The fraction of sp³-hybridized carbons (Fsp3) is 0.188. The second kappa shape index (κ2) is 6.80. The van der Waals surface area contributed by atoms with E-state index in [9.17, 15) is 22.4 Å². The summed E-state index contributed by atoms with van der Waals surface area (Å²) in [6.07, 6.45) is -7.19. The van der Waals surface area contributed by atoms with Gasteiger partial charge in [0, 0.05) is 4.47 Å². The number of hydrogen-bond acceptors (Lipinski definition) is 6. The smallest absolute Gasteiger partial charge is 0.465 e. The Labute approximate surface area is 157 Å². The van der Waals surface area contributed by atoms with Crippen LogP contribution in [0.3, 0.4) is 0 Å². The van der Waals surface area contributed by atoms with Crippen molar-refractivity contribution in [2.45, 2.75) is 12.6 Å². The van der Waals surface area contributed by atoms with Crippen molar-refractivity contribution in [3.8, 4) is 23.0 Å². The summed E-state index contributed by atoms with van der Waals surface area (Å²) in [5.74, 6) is -0.801. The van der Waals surface area contributed by atoms with Crippen molar-refractivity contribution in [3.63, 3.8) is 0 Å². The summed E-state index contributed by atoms with van der Waals surface area (Å²) in [4.78, 5) is 11.1. The fourth-order valence-corrected chi connectivity index (χ4v) is 2.46. The van der Waals surface area contributed by atoms with Gasteiger partial charge in [0.05, 0.1) is 12.7 Å². The number of halogens is 5. The molecule has 0 spiro atoms. The van der Waals surface area contributed by atoms with Gasteiger partial charge in [0.2, 0.25) is 0 Å². The molecule has 4 rings (SSSR count). The molecule has 0 atom stereocenters. The monoisotopic (exact) mass is 452 g/mol. The lowest BCUT2D eigenvalue weighted by molar-refractivity contribution is -0.287. The summed E-state index contributed by atoms with van der Waals surface area (Å²) < 4.78 is 71.8. The molecule has 0 N–H and O–H groups in total. The van der Waals surface area contributed by atoms with Gasteiger partial charge >= 0.3 is 18.6 Å². The molecular weight excluding hydrogens is 444 g/mol. The zero-order valence-corrected chi connectivity index (χ0v) is 14.9. The van der Waals surface area contributed by atoms with Gasteiger partial charge in [-0.1, -0.05) is 15.9 Å². The molecule has 0 fully saturated rings. The quantitative estimate of drug-likeness (QED) is 0.466. The lowest BCUT2D eigenvalue weighted by atomic mass is 10.2. The minimum atomic E-state index is -3.67. The Morgan fingerprint density at radius 2 is 1.33 bits per heavy atom. The van der Waals surface area contributed by atoms with E-state index in [4.69, 9.17) is 0 Å². The van der Waals surface area contributed by atoms with Crippen molar-refractivity contribution < 1.29 is 46.0 Å². The fourth-order valence-electron chi connectivity index (χ4n) is 2.12. The maximum absolute atomic E-state index is 12.6. The van der Waals surface area contributed by atoms with E-state index >= 15 is 0 Å². The number of hydrogen-bond donors (Lipinski definition) is 0. The van der Waals surface area contributed by atoms with E-state index < -0.39 is 18.6 Å². The highest BCUT2D eigenvalue weighted by atomic mass is 79.9. The predicted molar refractivity (Wildman–Crippen MR) is 84.3 cm³/mol. The summed E-state index contributed by atoms with van der Waals surface area (Å²) in [5.41, 5.74) is 0.123. The van der Waals surface area contributed by atoms with Crippen molar-refractivity contribution in [1.82, 2.24) is 0 Å². The summed E-state index contributed by atoms with van der Waals surface area (Å²) in [6, 6.07) is 8.13. The van der Waals surface area contributed by atoms with E-state index in [-0.39, 0.29) is 28.6 Å². The van der Waals surface area contributed by atoms with Crippen molar-refractivity contribution in [1.29, 1.82) is 0 Å². The van der Waals surface area contributed by atoms with Crippen LogP contribution in [0, 0.1) is 0 Å². The second-order valence-electron chi connectivity index (χ2n) is 5.08. The van der Waals surface area contributed by atoms with E-state index in [1.165, 1.54) is 31.4 Å². The number of alkyl halides is 4. The minimum Gasteiger partial charge on any atom is -0.465 e. The van der Waals surface area contributed by atoms with Gasteiger partial charge in [-0.3, -0.25) is 0 Å². The Balaban J connectivity index is 0.000000159. The lowest BCUT2D eigenvalue weighted by Gasteiger charge is -2.04. The number of rotatable bonds is 1. The van der Waals surface area contributed by atoms with Crippen LogP contribution in [-0.2, 0) is 4.74 Å². The summed E-state index contributed by atoms with van der Waals surface area (Å²) in [5, 5.41) is 0. The van der Waals surface area contributed by atoms with Crippen molar-refractivity contribution in [3.05, 3.63) is 46.4 Å². The topological polar surface area (TPSA) is 63.2 Å². The third-order valence-corrected chi connectivity index (χ3v) is 3.68. The number of esters is 1. The van der Waals surface area contributed by atoms with Gasteiger partial charge in [0.1, 0.15) is 0 Å². The number of ether oxygens (including phenoxy) is 5. The molecule has 0 bridgehead atoms. The first-order valence-corrected chi connectivity index (χ1v) is 7.91. The first kappa shape index (κ1) is 19.1. The predicted octanol–water partition coefficient (Wildman–Crippen LogP) is 4.57. The van der Waals surface area contributed by atoms with Crippen LogP contribution in [0.5, 0.6) is 23.0 Å². The van der Waals surface area contributed by atoms with Gasteiger partial charge in [-0.15, -0.1) is 17.6 Å². The van der Waals surface area contributed by atoms with Gasteiger partial charge in [0.25, 0.3) is 0 Å². The molecule has 2 aliphatic rings. The van der Waals surface area contributed by atoms with E-state index in [0.29, 0.717) is 4.47 Å². The van der Waals surface area contributed by atoms with Gasteiger partial charge in [-0.2, -0.15) is 0 Å². The molecule has 0 radical (unpaired) electrons. The first-order chi connectivity index (χ1) is 12.6. The average Bonchev–Trinajstić information content (AvgIpc) is 3.05. The Morgan fingerprint density at radius 1 is 0.852 bits per heavy atom. The van der Waals surface area contributed by atoms with Crippen molar-refractivity contribution in [2.24, 2.45) is 0 Å². The van der Waals surface area contributed by atoms with E-state index in [2.05, 4.69) is 39.6 Å². The van der Waals surface area contributed by atoms with Crippen LogP contribution in [0.4, 0.5) is 17.6 Å². The standard InChI is InChI=1S/C9H6F2O4.C7H3BrF2O2/c1-13-8(12)5-2-3-6-7(4-5)15-9(10,11)14-6;8-4-1-2-5-6(3-4)12-7(9,10)11-5/h2-4H,1H3;1-3H. The molecule has 2 aromatic carbocycles. The number of carbonyl (C=O) groups excluding carboxylic acids is 1. The lowest BCUT2D eigenvalue weighted by Crippen LogP contribution is -2.25. The Kier molecular flexibility index (Phi) is 4.81. The van der Waals surface area contributed by atoms with Crippen LogP contribution >= 0.6 is 15.9 Å². The molecule has 0 aromatic heterocycles. The maximum Gasteiger partial charge on any atom is 0.586 e. The zero-order valence-electron chi connectivity index (χ0n) is 13.3. The largest absolute Gasteiger partial charge is 0.586 e. The van der Waals surface area contributed by atoms with E-state index in [0.717, 1.165) is 6.07 Å². The molecule has 2 aliphatic heterocycles. The van der Waals surface area contributed by atoms with Gasteiger partial charge < -0.3 is 23.7 Å². The normalized spacial score (nSPS) is 17.0. The number of carbonyl (C=O) groups is 1. The van der Waals surface area contributed by atoms with Crippen molar-refractivity contribution >= 4 is 21.9 Å². The molecule has 11 heteroatoms. The third-order valence-electron chi connectivity index (χ3n) is 3.19. The van der Waals surface area contributed by atoms with E-state index in [1.807, 2.05) is 0 Å². The number of fused-ring (bicyclic) bond motifs is 2. The molecule has 144 valence electrons. The van der Waals surface area contributed by atoms with Crippen LogP contribution in [0.15, 0.2) is 40.9 Å². The highest BCUT2D eigenvalue weighted by Crippen LogP contribution is 2.42. The number of benzene rings is 2. The SMILES string of the molecule is COC(=O)c1ccc2c(c1)OC(F)(F)O2.FC1(F)Oc2ccc(Br)cc2O1. The Bertz CT molecular complexity index is 889. The molecule has 2 aromatic rings. The molecular formula is C16H9BrF4O6. The van der Waals surface area contributed by atoms with Crippen molar-refractivity contribution in [2.75, 3.05) is 7.11 Å². The van der Waals surface area contributed by atoms with Crippen LogP contribution in [-0.4, -0.2) is 25.7 Å². The van der Waals surface area contributed by atoms with Gasteiger partial charge in [0.15, 0.2) is 23.0 Å². The average molecular weight is 453 g/mol. The maximum atomic E-state index is 12.6. The zero-order chi connectivity index (χ0) is 19.8.